The van der Waals surface area contributed by atoms with Gasteiger partial charge in [-0.1, -0.05) is 12.1 Å². The van der Waals surface area contributed by atoms with E-state index in [-0.39, 0.29) is 0 Å². The highest BCUT2D eigenvalue weighted by atomic mass is 16.7. The van der Waals surface area contributed by atoms with E-state index in [2.05, 4.69) is 31.9 Å². The van der Waals surface area contributed by atoms with Gasteiger partial charge < -0.3 is 20.1 Å². The molecule has 0 bridgehead atoms. The van der Waals surface area contributed by atoms with Crippen molar-refractivity contribution in [1.29, 1.82) is 0 Å². The van der Waals surface area contributed by atoms with Crippen LogP contribution in [0.4, 0.5) is 0 Å². The van der Waals surface area contributed by atoms with Crippen LogP contribution >= 0.6 is 0 Å². The summed E-state index contributed by atoms with van der Waals surface area (Å²) in [6.07, 6.45) is 2.80. The van der Waals surface area contributed by atoms with Crippen LogP contribution in [0.25, 0.3) is 5.65 Å². The monoisotopic (exact) mass is 366 g/mol. The maximum Gasteiger partial charge on any atom is 0.231 e. The molecule has 0 fully saturated rings. The molecule has 1 aromatic carbocycles. The highest BCUT2D eigenvalue weighted by molar-refractivity contribution is 5.79. The van der Waals surface area contributed by atoms with Crippen molar-refractivity contribution in [2.75, 3.05) is 19.9 Å². The minimum atomic E-state index is 0.297. The van der Waals surface area contributed by atoms with Crippen molar-refractivity contribution in [3.05, 3.63) is 54.0 Å². The van der Waals surface area contributed by atoms with Crippen molar-refractivity contribution in [3.63, 3.8) is 0 Å². The molecule has 2 aromatic heterocycles. The van der Waals surface area contributed by atoms with Crippen LogP contribution in [0.15, 0.2) is 47.6 Å². The van der Waals surface area contributed by atoms with Gasteiger partial charge in [0.15, 0.2) is 28.9 Å². The molecule has 0 saturated carbocycles. The Labute approximate surface area is 157 Å². The average Bonchev–Trinajstić information content (AvgIpc) is 3.32. The Kier molecular flexibility index (Phi) is 5.04. The number of benzene rings is 1. The third-order valence-electron chi connectivity index (χ3n) is 4.25. The van der Waals surface area contributed by atoms with E-state index >= 15 is 0 Å². The summed E-state index contributed by atoms with van der Waals surface area (Å²) in [6, 6.07) is 11.9. The molecule has 3 aromatic rings. The molecule has 8 nitrogen and oxygen atoms in total. The van der Waals surface area contributed by atoms with Gasteiger partial charge >= 0.3 is 0 Å². The lowest BCUT2D eigenvalue weighted by Crippen LogP contribution is -2.38. The molecular formula is C19H22N6O2. The maximum absolute atomic E-state index is 5.43. The van der Waals surface area contributed by atoms with Crippen LogP contribution in [0, 0.1) is 0 Å². The summed E-state index contributed by atoms with van der Waals surface area (Å²) in [4.78, 5) is 4.62. The van der Waals surface area contributed by atoms with E-state index in [4.69, 9.17) is 9.47 Å². The van der Waals surface area contributed by atoms with Gasteiger partial charge in [0.25, 0.3) is 0 Å². The second-order valence-corrected chi connectivity index (χ2v) is 6.10. The quantitative estimate of drug-likeness (QED) is 0.511. The number of hydrogen-bond acceptors (Lipinski definition) is 5. The summed E-state index contributed by atoms with van der Waals surface area (Å²) >= 11 is 0. The second kappa shape index (κ2) is 7.94. The maximum atomic E-state index is 5.43. The summed E-state index contributed by atoms with van der Waals surface area (Å²) in [5.41, 5.74) is 2.01. The average molecular weight is 366 g/mol. The number of pyridine rings is 1. The molecule has 0 aliphatic carbocycles. The predicted octanol–water partition coefficient (Wildman–Crippen LogP) is 1.76. The number of fused-ring (bicyclic) bond motifs is 2. The zero-order valence-electron chi connectivity index (χ0n) is 15.2. The fraction of sp³-hybridized carbons (Fsp3) is 0.316. The van der Waals surface area contributed by atoms with E-state index in [0.717, 1.165) is 48.4 Å². The van der Waals surface area contributed by atoms with Crippen molar-refractivity contribution < 1.29 is 9.47 Å². The van der Waals surface area contributed by atoms with Gasteiger partial charge in [-0.05, 0) is 43.2 Å². The highest BCUT2D eigenvalue weighted by Crippen LogP contribution is 2.32. The van der Waals surface area contributed by atoms with Crippen molar-refractivity contribution in [2.24, 2.45) is 4.99 Å². The minimum absolute atomic E-state index is 0.297. The molecule has 0 unspecified atom stereocenters. The van der Waals surface area contributed by atoms with Crippen molar-refractivity contribution in [1.82, 2.24) is 25.2 Å². The first-order valence-corrected chi connectivity index (χ1v) is 9.03. The summed E-state index contributed by atoms with van der Waals surface area (Å²) in [6.45, 7) is 4.33. The molecule has 0 spiro atoms. The molecule has 27 heavy (non-hydrogen) atoms. The molecule has 0 atom stereocenters. The number of nitrogens with zero attached hydrogens (tertiary/aromatic N) is 4. The summed E-state index contributed by atoms with van der Waals surface area (Å²) in [7, 11) is 0. The minimum Gasteiger partial charge on any atom is -0.454 e. The molecule has 0 saturated heterocycles. The first kappa shape index (κ1) is 17.1. The van der Waals surface area contributed by atoms with E-state index in [1.54, 1.807) is 0 Å². The van der Waals surface area contributed by atoms with Gasteiger partial charge in [-0.25, -0.2) is 4.99 Å². The Balaban J connectivity index is 1.36. The zero-order chi connectivity index (χ0) is 18.5. The van der Waals surface area contributed by atoms with Crippen LogP contribution in [-0.4, -0.2) is 40.4 Å². The van der Waals surface area contributed by atoms with Gasteiger partial charge in [0, 0.05) is 19.3 Å². The summed E-state index contributed by atoms with van der Waals surface area (Å²) in [5.74, 6) is 3.18. The van der Waals surface area contributed by atoms with Gasteiger partial charge in [-0.3, -0.25) is 4.40 Å². The Bertz CT molecular complexity index is 952. The fourth-order valence-corrected chi connectivity index (χ4v) is 2.91. The smallest absolute Gasteiger partial charge is 0.231 e. The number of rotatable bonds is 6. The van der Waals surface area contributed by atoms with Gasteiger partial charge in [-0.2, -0.15) is 0 Å². The molecule has 2 N–H and O–H groups in total. The van der Waals surface area contributed by atoms with Crippen LogP contribution in [0.5, 0.6) is 11.5 Å². The lowest BCUT2D eigenvalue weighted by molar-refractivity contribution is 0.174. The van der Waals surface area contributed by atoms with Gasteiger partial charge in [0.1, 0.15) is 6.54 Å². The third-order valence-corrected chi connectivity index (χ3v) is 4.25. The number of hydrogen-bond donors (Lipinski definition) is 2. The Morgan fingerprint density at radius 2 is 2.07 bits per heavy atom. The van der Waals surface area contributed by atoms with Crippen molar-refractivity contribution in [2.45, 2.75) is 19.9 Å². The topological polar surface area (TPSA) is 85.1 Å². The van der Waals surface area contributed by atoms with Crippen LogP contribution in [0.2, 0.25) is 0 Å². The molecular weight excluding hydrogens is 344 g/mol. The summed E-state index contributed by atoms with van der Waals surface area (Å²) < 4.78 is 12.7. The van der Waals surface area contributed by atoms with Gasteiger partial charge in [-0.15, -0.1) is 10.2 Å². The fourth-order valence-electron chi connectivity index (χ4n) is 2.91. The van der Waals surface area contributed by atoms with Gasteiger partial charge in [0.05, 0.1) is 0 Å². The first-order valence-electron chi connectivity index (χ1n) is 9.03. The Morgan fingerprint density at radius 3 is 3.00 bits per heavy atom. The van der Waals surface area contributed by atoms with E-state index in [9.17, 15) is 0 Å². The number of nitrogens with one attached hydrogen (secondary N) is 2. The van der Waals surface area contributed by atoms with Crippen LogP contribution < -0.4 is 20.1 Å². The van der Waals surface area contributed by atoms with Crippen molar-refractivity contribution in [3.8, 4) is 11.5 Å². The third kappa shape index (κ3) is 3.94. The predicted molar refractivity (Wildman–Crippen MR) is 102 cm³/mol. The normalized spacial score (nSPS) is 13.1. The standard InChI is InChI=1S/C19H22N6O2/c1-2-20-19(22-12-18-24-23-17-5-3-4-10-25(17)18)21-9-8-14-6-7-15-16(11-14)27-13-26-15/h3-7,10-11H,2,8-9,12-13H2,1H3,(H2,20,21,22). The lowest BCUT2D eigenvalue weighted by Gasteiger charge is -2.11. The first-order chi connectivity index (χ1) is 13.3. The Hall–Kier alpha value is -3.29. The molecule has 0 amide bonds. The molecule has 1 aliphatic heterocycles. The molecule has 140 valence electrons. The molecule has 8 heteroatoms. The van der Waals surface area contributed by atoms with Crippen LogP contribution in [0.3, 0.4) is 0 Å². The molecule has 1 aliphatic rings. The van der Waals surface area contributed by atoms with Crippen LogP contribution in [-0.2, 0) is 13.0 Å². The van der Waals surface area contributed by atoms with Gasteiger partial charge in [0.2, 0.25) is 6.79 Å². The van der Waals surface area contributed by atoms with E-state index < -0.39 is 0 Å². The highest BCUT2D eigenvalue weighted by Gasteiger charge is 2.13. The number of aromatic nitrogens is 3. The largest absolute Gasteiger partial charge is 0.454 e. The second-order valence-electron chi connectivity index (χ2n) is 6.10. The number of aliphatic imine (C=N–C) groups is 1. The Morgan fingerprint density at radius 1 is 1.15 bits per heavy atom. The number of guanidine groups is 1. The number of ether oxygens (including phenoxy) is 2. The van der Waals surface area contributed by atoms with Crippen molar-refractivity contribution >= 4 is 11.6 Å². The van der Waals surface area contributed by atoms with E-state index in [0.29, 0.717) is 13.3 Å². The molecule has 0 radical (unpaired) electrons. The summed E-state index contributed by atoms with van der Waals surface area (Å²) in [5, 5.41) is 15.0. The van der Waals surface area contributed by atoms with Crippen LogP contribution in [0.1, 0.15) is 18.3 Å². The zero-order valence-corrected chi connectivity index (χ0v) is 15.2. The lowest BCUT2D eigenvalue weighted by atomic mass is 10.1. The van der Waals surface area contributed by atoms with E-state index in [1.165, 1.54) is 5.56 Å². The molecule has 3 heterocycles. The molecule has 4 rings (SSSR count). The van der Waals surface area contributed by atoms with E-state index in [1.807, 2.05) is 47.9 Å². The SMILES string of the molecule is CCNC(=NCc1nnc2ccccn12)NCCc1ccc2c(c1)OCO2.